The van der Waals surface area contributed by atoms with E-state index in [1.165, 1.54) is 11.8 Å². The number of carbonyl (C=O) groups is 1. The summed E-state index contributed by atoms with van der Waals surface area (Å²) in [5, 5.41) is 3.77. The van der Waals surface area contributed by atoms with E-state index in [1.807, 2.05) is 31.2 Å². The summed E-state index contributed by atoms with van der Waals surface area (Å²) in [6, 6.07) is 7.74. The predicted molar refractivity (Wildman–Crippen MR) is 71.3 cm³/mol. The number of rotatable bonds is 2. The van der Waals surface area contributed by atoms with Crippen LogP contribution in [0.2, 0.25) is 0 Å². The summed E-state index contributed by atoms with van der Waals surface area (Å²) < 4.78 is 0. The Morgan fingerprint density at radius 2 is 2.12 bits per heavy atom. The smallest absolute Gasteiger partial charge is 0.221 e. The fourth-order valence-electron chi connectivity index (χ4n) is 1.53. The number of carbonyl (C=O) groups excluding carboxylic acids is 1. The molecule has 2 aromatic rings. The van der Waals surface area contributed by atoms with Crippen molar-refractivity contribution in [1.29, 1.82) is 0 Å². The molecule has 0 atom stereocenters. The van der Waals surface area contributed by atoms with Crippen molar-refractivity contribution in [3.05, 3.63) is 34.8 Å². The highest BCUT2D eigenvalue weighted by atomic mass is 32.1. The van der Waals surface area contributed by atoms with Crippen LogP contribution in [0.3, 0.4) is 0 Å². The fraction of sp³-hybridized carbons (Fsp3) is 0.231. The van der Waals surface area contributed by atoms with Gasteiger partial charge in [-0.2, -0.15) is 0 Å². The topological polar surface area (TPSA) is 42.0 Å². The molecule has 3 nitrogen and oxygen atoms in total. The van der Waals surface area contributed by atoms with Gasteiger partial charge in [-0.05, 0) is 26.0 Å². The van der Waals surface area contributed by atoms with Gasteiger partial charge in [-0.15, -0.1) is 11.3 Å². The first kappa shape index (κ1) is 11.8. The van der Waals surface area contributed by atoms with Gasteiger partial charge in [0.1, 0.15) is 5.01 Å². The van der Waals surface area contributed by atoms with Crippen LogP contribution in [0.25, 0.3) is 10.6 Å². The van der Waals surface area contributed by atoms with Crippen LogP contribution in [0.1, 0.15) is 17.5 Å². The Balaban J connectivity index is 2.35. The number of amides is 1. The molecule has 1 aromatic heterocycles. The van der Waals surface area contributed by atoms with Gasteiger partial charge in [0.15, 0.2) is 0 Å². The quantitative estimate of drug-likeness (QED) is 0.882. The summed E-state index contributed by atoms with van der Waals surface area (Å²) in [6.07, 6.45) is 0. The molecule has 0 fully saturated rings. The number of nitrogens with one attached hydrogen (secondary N) is 1. The Bertz CT molecular complexity index is 541. The standard InChI is InChI=1S/C13H14N2OS/c1-8-9(2)17-13(14-8)11-5-4-6-12(7-11)15-10(3)16/h4-7H,1-3H3,(H,15,16). The van der Waals surface area contributed by atoms with E-state index in [4.69, 9.17) is 0 Å². The lowest BCUT2D eigenvalue weighted by Gasteiger charge is -2.03. The molecule has 0 saturated carbocycles. The fourth-order valence-corrected chi connectivity index (χ4v) is 2.44. The molecule has 0 aliphatic heterocycles. The molecule has 0 spiro atoms. The van der Waals surface area contributed by atoms with Crippen LogP contribution in [-0.2, 0) is 4.79 Å². The van der Waals surface area contributed by atoms with Crippen molar-refractivity contribution in [3.8, 4) is 10.6 Å². The van der Waals surface area contributed by atoms with Crippen molar-refractivity contribution in [3.63, 3.8) is 0 Å². The van der Waals surface area contributed by atoms with Gasteiger partial charge in [-0.25, -0.2) is 4.98 Å². The molecule has 2 rings (SSSR count). The van der Waals surface area contributed by atoms with Gasteiger partial charge in [0.2, 0.25) is 5.91 Å². The average molecular weight is 246 g/mol. The molecule has 17 heavy (non-hydrogen) atoms. The van der Waals surface area contributed by atoms with E-state index in [0.717, 1.165) is 22.0 Å². The number of thiazole rings is 1. The molecule has 1 N–H and O–H groups in total. The highest BCUT2D eigenvalue weighted by Crippen LogP contribution is 2.28. The van der Waals surface area contributed by atoms with Crippen molar-refractivity contribution in [2.45, 2.75) is 20.8 Å². The van der Waals surface area contributed by atoms with E-state index in [1.54, 1.807) is 11.3 Å². The molecule has 1 aromatic carbocycles. The van der Waals surface area contributed by atoms with Crippen molar-refractivity contribution < 1.29 is 4.79 Å². The second-order valence-corrected chi connectivity index (χ2v) is 5.13. The van der Waals surface area contributed by atoms with E-state index in [-0.39, 0.29) is 5.91 Å². The molecule has 88 valence electrons. The number of hydrogen-bond acceptors (Lipinski definition) is 3. The lowest BCUT2D eigenvalue weighted by atomic mass is 10.2. The highest BCUT2D eigenvalue weighted by molar-refractivity contribution is 7.15. The largest absolute Gasteiger partial charge is 0.326 e. The van der Waals surface area contributed by atoms with Crippen LogP contribution in [0, 0.1) is 13.8 Å². The van der Waals surface area contributed by atoms with Crippen molar-refractivity contribution in [1.82, 2.24) is 4.98 Å². The number of anilines is 1. The lowest BCUT2D eigenvalue weighted by Crippen LogP contribution is -2.05. The van der Waals surface area contributed by atoms with Crippen LogP contribution in [-0.4, -0.2) is 10.9 Å². The van der Waals surface area contributed by atoms with Gasteiger partial charge in [-0.1, -0.05) is 12.1 Å². The van der Waals surface area contributed by atoms with Crippen molar-refractivity contribution >= 4 is 22.9 Å². The van der Waals surface area contributed by atoms with Crippen LogP contribution >= 0.6 is 11.3 Å². The highest BCUT2D eigenvalue weighted by Gasteiger charge is 2.06. The zero-order valence-corrected chi connectivity index (χ0v) is 10.9. The Morgan fingerprint density at radius 1 is 1.35 bits per heavy atom. The molecule has 1 amide bonds. The Kier molecular flexibility index (Phi) is 3.24. The molecule has 0 aliphatic carbocycles. The first-order valence-electron chi connectivity index (χ1n) is 5.38. The van der Waals surface area contributed by atoms with E-state index in [9.17, 15) is 4.79 Å². The molecule has 4 heteroatoms. The maximum Gasteiger partial charge on any atom is 0.221 e. The Labute approximate surface area is 105 Å². The van der Waals surface area contributed by atoms with Gasteiger partial charge < -0.3 is 5.32 Å². The summed E-state index contributed by atoms with van der Waals surface area (Å²) in [6.45, 7) is 5.57. The summed E-state index contributed by atoms with van der Waals surface area (Å²) in [4.78, 5) is 16.7. The zero-order chi connectivity index (χ0) is 12.4. The van der Waals surface area contributed by atoms with Crippen molar-refractivity contribution in [2.75, 3.05) is 5.32 Å². The minimum absolute atomic E-state index is 0.0614. The normalized spacial score (nSPS) is 10.3. The number of hydrogen-bond donors (Lipinski definition) is 1. The van der Waals surface area contributed by atoms with Crippen LogP contribution in [0.4, 0.5) is 5.69 Å². The third-order valence-corrected chi connectivity index (χ3v) is 3.58. The van der Waals surface area contributed by atoms with Crippen LogP contribution in [0.5, 0.6) is 0 Å². The first-order valence-corrected chi connectivity index (χ1v) is 6.20. The lowest BCUT2D eigenvalue weighted by molar-refractivity contribution is -0.114. The molecule has 1 heterocycles. The number of nitrogens with zero attached hydrogens (tertiary/aromatic N) is 1. The minimum atomic E-state index is -0.0614. The van der Waals surface area contributed by atoms with Gasteiger partial charge in [0.25, 0.3) is 0 Å². The summed E-state index contributed by atoms with van der Waals surface area (Å²) in [5.74, 6) is -0.0614. The summed E-state index contributed by atoms with van der Waals surface area (Å²) in [5.41, 5.74) is 2.91. The van der Waals surface area contributed by atoms with Gasteiger partial charge in [0, 0.05) is 23.1 Å². The molecule has 0 radical (unpaired) electrons. The van der Waals surface area contributed by atoms with E-state index in [2.05, 4.69) is 17.2 Å². The Morgan fingerprint density at radius 3 is 2.71 bits per heavy atom. The molecule has 0 bridgehead atoms. The van der Waals surface area contributed by atoms with Gasteiger partial charge in [-0.3, -0.25) is 4.79 Å². The Hall–Kier alpha value is -1.68. The monoisotopic (exact) mass is 246 g/mol. The van der Waals surface area contributed by atoms with E-state index < -0.39 is 0 Å². The SMILES string of the molecule is CC(=O)Nc1cccc(-c2nc(C)c(C)s2)c1. The molecule has 0 saturated heterocycles. The third-order valence-electron chi connectivity index (χ3n) is 2.46. The van der Waals surface area contributed by atoms with Crippen LogP contribution in [0.15, 0.2) is 24.3 Å². The minimum Gasteiger partial charge on any atom is -0.326 e. The number of benzene rings is 1. The van der Waals surface area contributed by atoms with Gasteiger partial charge >= 0.3 is 0 Å². The first-order chi connectivity index (χ1) is 8.06. The second kappa shape index (κ2) is 4.67. The van der Waals surface area contributed by atoms with Gasteiger partial charge in [0.05, 0.1) is 5.69 Å². The molecular formula is C13H14N2OS. The number of aromatic nitrogens is 1. The average Bonchev–Trinajstić information content (AvgIpc) is 2.59. The number of aryl methyl sites for hydroxylation is 2. The van der Waals surface area contributed by atoms with E-state index in [0.29, 0.717) is 0 Å². The second-order valence-electron chi connectivity index (χ2n) is 3.92. The predicted octanol–water partition coefficient (Wildman–Crippen LogP) is 3.39. The van der Waals surface area contributed by atoms with Crippen molar-refractivity contribution in [2.24, 2.45) is 0 Å². The summed E-state index contributed by atoms with van der Waals surface area (Å²) in [7, 11) is 0. The summed E-state index contributed by atoms with van der Waals surface area (Å²) >= 11 is 1.67. The zero-order valence-electron chi connectivity index (χ0n) is 10.1. The maximum absolute atomic E-state index is 11.0. The third kappa shape index (κ3) is 2.71. The molecular weight excluding hydrogens is 232 g/mol. The van der Waals surface area contributed by atoms with Crippen LogP contribution < -0.4 is 5.32 Å². The molecule has 0 unspecified atom stereocenters. The maximum atomic E-state index is 11.0. The molecule has 0 aliphatic rings. The van der Waals surface area contributed by atoms with E-state index >= 15 is 0 Å².